The van der Waals surface area contributed by atoms with Crippen LogP contribution in [-0.4, -0.2) is 24.5 Å². The first kappa shape index (κ1) is 18.0. The van der Waals surface area contributed by atoms with Crippen LogP contribution in [0.15, 0.2) is 67.0 Å². The van der Waals surface area contributed by atoms with E-state index in [9.17, 15) is 4.79 Å². The highest BCUT2D eigenvalue weighted by Crippen LogP contribution is 2.22. The fourth-order valence-corrected chi connectivity index (χ4v) is 2.70. The Morgan fingerprint density at radius 2 is 1.77 bits per heavy atom. The first-order valence-corrected chi connectivity index (χ1v) is 8.65. The molecule has 0 fully saturated rings. The molecule has 0 bridgehead atoms. The summed E-state index contributed by atoms with van der Waals surface area (Å²) < 4.78 is 5.17. The van der Waals surface area contributed by atoms with Gasteiger partial charge < -0.3 is 10.1 Å². The lowest BCUT2D eigenvalue weighted by Crippen LogP contribution is -2.25. The summed E-state index contributed by atoms with van der Waals surface area (Å²) >= 11 is 5.87. The Kier molecular flexibility index (Phi) is 5.87. The third-order valence-corrected chi connectivity index (χ3v) is 4.29. The number of pyridine rings is 1. The molecule has 132 valence electrons. The van der Waals surface area contributed by atoms with Crippen molar-refractivity contribution in [1.82, 2.24) is 10.3 Å². The summed E-state index contributed by atoms with van der Waals surface area (Å²) in [6.45, 7) is 0.549. The van der Waals surface area contributed by atoms with E-state index in [0.717, 1.165) is 28.9 Å². The van der Waals surface area contributed by atoms with Crippen molar-refractivity contribution in [3.05, 3.63) is 83.1 Å². The van der Waals surface area contributed by atoms with E-state index in [1.54, 1.807) is 19.5 Å². The molecule has 0 aliphatic rings. The second-order valence-corrected chi connectivity index (χ2v) is 6.26. The molecule has 3 aromatic rings. The van der Waals surface area contributed by atoms with Gasteiger partial charge in [0, 0.05) is 29.5 Å². The Bertz CT molecular complexity index is 877. The van der Waals surface area contributed by atoms with E-state index in [1.807, 2.05) is 54.6 Å². The van der Waals surface area contributed by atoms with Gasteiger partial charge in [-0.1, -0.05) is 35.9 Å². The van der Waals surface area contributed by atoms with Crippen molar-refractivity contribution in [2.45, 2.75) is 6.42 Å². The third-order valence-electron chi connectivity index (χ3n) is 4.04. The van der Waals surface area contributed by atoms with Gasteiger partial charge >= 0.3 is 0 Å². The topological polar surface area (TPSA) is 51.2 Å². The zero-order valence-corrected chi connectivity index (χ0v) is 15.2. The quantitative estimate of drug-likeness (QED) is 0.704. The number of hydrogen-bond donors (Lipinski definition) is 1. The molecule has 0 saturated carbocycles. The Morgan fingerprint density at radius 3 is 2.46 bits per heavy atom. The molecule has 0 aliphatic heterocycles. The molecule has 2 aromatic carbocycles. The minimum Gasteiger partial charge on any atom is -0.497 e. The highest BCUT2D eigenvalue weighted by molar-refractivity contribution is 6.30. The maximum Gasteiger partial charge on any atom is 0.252 e. The first-order chi connectivity index (χ1) is 12.7. The monoisotopic (exact) mass is 366 g/mol. The van der Waals surface area contributed by atoms with Crippen LogP contribution in [0.4, 0.5) is 0 Å². The van der Waals surface area contributed by atoms with Gasteiger partial charge in [-0.15, -0.1) is 0 Å². The number of benzene rings is 2. The molecule has 1 N–H and O–H groups in total. The molecular formula is C21H19ClN2O2. The summed E-state index contributed by atoms with van der Waals surface area (Å²) in [4.78, 5) is 16.6. The zero-order valence-electron chi connectivity index (χ0n) is 14.4. The number of carbonyl (C=O) groups excluding carboxylic acids is 1. The van der Waals surface area contributed by atoms with Crippen molar-refractivity contribution in [2.24, 2.45) is 0 Å². The van der Waals surface area contributed by atoms with Crippen LogP contribution in [0.5, 0.6) is 5.75 Å². The van der Waals surface area contributed by atoms with E-state index < -0.39 is 0 Å². The summed E-state index contributed by atoms with van der Waals surface area (Å²) in [5.74, 6) is 0.652. The van der Waals surface area contributed by atoms with Crippen molar-refractivity contribution < 1.29 is 9.53 Å². The van der Waals surface area contributed by atoms with Crippen molar-refractivity contribution >= 4 is 17.5 Å². The summed E-state index contributed by atoms with van der Waals surface area (Å²) in [7, 11) is 1.63. The van der Waals surface area contributed by atoms with Gasteiger partial charge in [0.25, 0.3) is 5.91 Å². The molecule has 26 heavy (non-hydrogen) atoms. The lowest BCUT2D eigenvalue weighted by Gasteiger charge is -2.08. The third kappa shape index (κ3) is 4.61. The molecule has 3 rings (SSSR count). The molecule has 1 aromatic heterocycles. The van der Waals surface area contributed by atoms with Crippen LogP contribution < -0.4 is 10.1 Å². The predicted octanol–water partition coefficient (Wildman–Crippen LogP) is 4.38. The lowest BCUT2D eigenvalue weighted by molar-refractivity contribution is 0.0954. The van der Waals surface area contributed by atoms with Crippen LogP contribution in [0.2, 0.25) is 5.02 Å². The summed E-state index contributed by atoms with van der Waals surface area (Å²) in [5.41, 5.74) is 3.53. The van der Waals surface area contributed by atoms with Gasteiger partial charge in [0.15, 0.2) is 0 Å². The van der Waals surface area contributed by atoms with Gasteiger partial charge in [0.1, 0.15) is 5.75 Å². The Hall–Kier alpha value is -2.85. The van der Waals surface area contributed by atoms with E-state index in [1.165, 1.54) is 0 Å². The van der Waals surface area contributed by atoms with E-state index in [0.29, 0.717) is 17.1 Å². The maximum absolute atomic E-state index is 12.4. The number of hydrogen-bond acceptors (Lipinski definition) is 3. The fourth-order valence-electron chi connectivity index (χ4n) is 2.58. The fraction of sp³-hybridized carbons (Fsp3) is 0.143. The Balaban J connectivity index is 1.63. The largest absolute Gasteiger partial charge is 0.497 e. The van der Waals surface area contributed by atoms with Crippen LogP contribution in [0.1, 0.15) is 15.9 Å². The summed E-state index contributed by atoms with van der Waals surface area (Å²) in [6, 6.07) is 17.1. The molecule has 4 nitrogen and oxygen atoms in total. The second-order valence-electron chi connectivity index (χ2n) is 5.82. The molecule has 0 aliphatic carbocycles. The predicted molar refractivity (Wildman–Crippen MR) is 104 cm³/mol. The van der Waals surface area contributed by atoms with Crippen molar-refractivity contribution in [1.29, 1.82) is 0 Å². The average molecular weight is 367 g/mol. The minimum absolute atomic E-state index is 0.137. The van der Waals surface area contributed by atoms with Gasteiger partial charge in [0.05, 0.1) is 12.7 Å². The van der Waals surface area contributed by atoms with E-state index >= 15 is 0 Å². The number of nitrogens with zero attached hydrogens (tertiary/aromatic N) is 1. The highest BCUT2D eigenvalue weighted by Gasteiger charge is 2.08. The van der Waals surface area contributed by atoms with Crippen LogP contribution in [0.3, 0.4) is 0 Å². The maximum atomic E-state index is 12.4. The van der Waals surface area contributed by atoms with Gasteiger partial charge in [-0.05, 0) is 47.9 Å². The number of ether oxygens (including phenoxy) is 1. The molecule has 1 heterocycles. The lowest BCUT2D eigenvalue weighted by atomic mass is 10.1. The van der Waals surface area contributed by atoms with Gasteiger partial charge in [-0.25, -0.2) is 0 Å². The molecule has 0 unspecified atom stereocenters. The Morgan fingerprint density at radius 1 is 1.04 bits per heavy atom. The number of carbonyl (C=O) groups is 1. The smallest absolute Gasteiger partial charge is 0.252 e. The standard InChI is InChI=1S/C21H19ClN2O2/c1-26-20-8-4-16(5-9-20)17-12-18(14-23-13-17)21(25)24-11-10-15-2-6-19(22)7-3-15/h2-9,12-14H,10-11H2,1H3,(H,24,25). The molecule has 0 saturated heterocycles. The first-order valence-electron chi connectivity index (χ1n) is 8.28. The molecule has 5 heteroatoms. The van der Waals surface area contributed by atoms with E-state index in [-0.39, 0.29) is 5.91 Å². The number of halogens is 1. The van der Waals surface area contributed by atoms with Crippen LogP contribution >= 0.6 is 11.6 Å². The molecule has 1 amide bonds. The highest BCUT2D eigenvalue weighted by atomic mass is 35.5. The van der Waals surface area contributed by atoms with E-state index in [2.05, 4.69) is 10.3 Å². The van der Waals surface area contributed by atoms with Crippen LogP contribution in [0.25, 0.3) is 11.1 Å². The van der Waals surface area contributed by atoms with Gasteiger partial charge in [-0.2, -0.15) is 0 Å². The Labute approximate surface area is 157 Å². The summed E-state index contributed by atoms with van der Waals surface area (Å²) in [6.07, 6.45) is 4.06. The van der Waals surface area contributed by atoms with E-state index in [4.69, 9.17) is 16.3 Å². The van der Waals surface area contributed by atoms with Gasteiger partial charge in [-0.3, -0.25) is 9.78 Å². The zero-order chi connectivity index (χ0) is 18.4. The van der Waals surface area contributed by atoms with Crippen molar-refractivity contribution in [3.8, 4) is 16.9 Å². The van der Waals surface area contributed by atoms with Crippen LogP contribution in [-0.2, 0) is 6.42 Å². The number of rotatable bonds is 6. The number of methoxy groups -OCH3 is 1. The molecular weight excluding hydrogens is 348 g/mol. The van der Waals surface area contributed by atoms with Crippen molar-refractivity contribution in [2.75, 3.05) is 13.7 Å². The van der Waals surface area contributed by atoms with Crippen LogP contribution in [0, 0.1) is 0 Å². The summed E-state index contributed by atoms with van der Waals surface area (Å²) in [5, 5.41) is 3.63. The minimum atomic E-state index is -0.137. The number of nitrogens with one attached hydrogen (secondary N) is 1. The molecule has 0 spiro atoms. The van der Waals surface area contributed by atoms with Gasteiger partial charge in [0.2, 0.25) is 0 Å². The van der Waals surface area contributed by atoms with Crippen molar-refractivity contribution in [3.63, 3.8) is 0 Å². The molecule has 0 radical (unpaired) electrons. The normalized spacial score (nSPS) is 10.4. The average Bonchev–Trinajstić information content (AvgIpc) is 2.69. The molecule has 0 atom stereocenters. The number of amides is 1. The second kappa shape index (κ2) is 8.50. The number of aromatic nitrogens is 1. The SMILES string of the molecule is COc1ccc(-c2cncc(C(=O)NCCc3ccc(Cl)cc3)c2)cc1.